The van der Waals surface area contributed by atoms with E-state index in [1.807, 2.05) is 0 Å². The van der Waals surface area contributed by atoms with E-state index in [2.05, 4.69) is 15.6 Å². The Labute approximate surface area is 172 Å². The van der Waals surface area contributed by atoms with Crippen LogP contribution in [0.3, 0.4) is 0 Å². The molecule has 2 N–H and O–H groups in total. The maximum atomic E-state index is 12.8. The fourth-order valence-corrected chi connectivity index (χ4v) is 3.14. The van der Waals surface area contributed by atoms with Crippen molar-refractivity contribution < 1.29 is 28.6 Å². The second-order valence-electron chi connectivity index (χ2n) is 6.64. The van der Waals surface area contributed by atoms with Gasteiger partial charge in [0.15, 0.2) is 11.5 Å². The summed E-state index contributed by atoms with van der Waals surface area (Å²) in [7, 11) is 0. The highest BCUT2D eigenvalue weighted by Crippen LogP contribution is 2.33. The number of ether oxygens (including phenoxy) is 3. The van der Waals surface area contributed by atoms with E-state index in [0.717, 1.165) is 5.56 Å². The second kappa shape index (κ2) is 8.78. The quantitative estimate of drug-likeness (QED) is 0.666. The largest absolute Gasteiger partial charge is 0.454 e. The summed E-state index contributed by atoms with van der Waals surface area (Å²) >= 11 is 0. The molecule has 10 heteroatoms. The zero-order valence-corrected chi connectivity index (χ0v) is 16.0. The van der Waals surface area contributed by atoms with Crippen LogP contribution in [-0.2, 0) is 20.9 Å². The highest BCUT2D eigenvalue weighted by molar-refractivity contribution is 6.35. The van der Waals surface area contributed by atoms with E-state index < -0.39 is 18.0 Å². The fraction of sp³-hybridized carbons (Fsp3) is 0.300. The number of hydrogen-bond acceptors (Lipinski definition) is 7. The zero-order valence-electron chi connectivity index (χ0n) is 16.0. The Morgan fingerprint density at radius 3 is 2.63 bits per heavy atom. The third-order valence-corrected chi connectivity index (χ3v) is 4.72. The van der Waals surface area contributed by atoms with Gasteiger partial charge in [-0.25, -0.2) is 0 Å². The topological polar surface area (TPSA) is 119 Å². The SMILES string of the molecule is O=C(NCc1ccncc1)C(=O)NC[C@H]1OCCN1C(=O)c1ccc2c(c1)OCO2. The Morgan fingerprint density at radius 1 is 1.03 bits per heavy atom. The molecule has 1 aromatic carbocycles. The Hall–Kier alpha value is -3.66. The lowest BCUT2D eigenvalue weighted by Gasteiger charge is -2.23. The van der Waals surface area contributed by atoms with E-state index in [4.69, 9.17) is 14.2 Å². The Bertz CT molecular complexity index is 952. The van der Waals surface area contributed by atoms with E-state index in [1.54, 1.807) is 42.7 Å². The maximum absolute atomic E-state index is 12.8. The van der Waals surface area contributed by atoms with E-state index in [0.29, 0.717) is 30.2 Å². The van der Waals surface area contributed by atoms with Gasteiger partial charge in [0, 0.05) is 31.0 Å². The molecule has 0 radical (unpaired) electrons. The van der Waals surface area contributed by atoms with Crippen LogP contribution in [0.2, 0.25) is 0 Å². The lowest BCUT2D eigenvalue weighted by molar-refractivity contribution is -0.139. The van der Waals surface area contributed by atoms with Gasteiger partial charge in [0.2, 0.25) is 6.79 Å². The van der Waals surface area contributed by atoms with Crippen molar-refractivity contribution in [2.75, 3.05) is 26.5 Å². The van der Waals surface area contributed by atoms with Crippen molar-refractivity contribution >= 4 is 17.7 Å². The number of amides is 3. The standard InChI is InChI=1S/C20H20N4O6/c25-18(22-10-13-3-5-21-6-4-13)19(26)23-11-17-24(7-8-28-17)20(27)14-1-2-15-16(9-14)30-12-29-15/h1-6,9,17H,7-8,10-12H2,(H,22,25)(H,23,26)/t17-/m1/s1. The summed E-state index contributed by atoms with van der Waals surface area (Å²) in [5.74, 6) is -0.719. The predicted octanol–water partition coefficient (Wildman–Crippen LogP) is 0.0414. The minimum atomic E-state index is -0.796. The van der Waals surface area contributed by atoms with Gasteiger partial charge >= 0.3 is 11.8 Å². The first-order valence-corrected chi connectivity index (χ1v) is 9.39. The molecule has 30 heavy (non-hydrogen) atoms. The molecule has 0 bridgehead atoms. The number of benzene rings is 1. The van der Waals surface area contributed by atoms with Crippen LogP contribution in [0, 0.1) is 0 Å². The zero-order chi connectivity index (χ0) is 20.9. The fourth-order valence-electron chi connectivity index (χ4n) is 3.14. The van der Waals surface area contributed by atoms with Crippen molar-refractivity contribution in [1.29, 1.82) is 0 Å². The molecule has 3 amide bonds. The van der Waals surface area contributed by atoms with E-state index in [-0.39, 0.29) is 25.8 Å². The van der Waals surface area contributed by atoms with Gasteiger partial charge in [0.25, 0.3) is 5.91 Å². The van der Waals surface area contributed by atoms with Gasteiger partial charge < -0.3 is 29.7 Å². The van der Waals surface area contributed by atoms with Crippen molar-refractivity contribution in [3.8, 4) is 11.5 Å². The first-order chi connectivity index (χ1) is 14.6. The van der Waals surface area contributed by atoms with Crippen LogP contribution >= 0.6 is 0 Å². The normalized spacial score (nSPS) is 16.9. The van der Waals surface area contributed by atoms with Gasteiger partial charge in [-0.15, -0.1) is 0 Å². The molecule has 1 atom stereocenters. The highest BCUT2D eigenvalue weighted by Gasteiger charge is 2.32. The van der Waals surface area contributed by atoms with Crippen LogP contribution in [0.25, 0.3) is 0 Å². The van der Waals surface area contributed by atoms with Gasteiger partial charge in [-0.05, 0) is 35.9 Å². The number of nitrogens with zero attached hydrogens (tertiary/aromatic N) is 2. The van der Waals surface area contributed by atoms with Crippen molar-refractivity contribution in [2.24, 2.45) is 0 Å². The number of carbonyl (C=O) groups is 3. The Kier molecular flexibility index (Phi) is 5.75. The average molecular weight is 412 g/mol. The molecule has 4 rings (SSSR count). The third-order valence-electron chi connectivity index (χ3n) is 4.72. The monoisotopic (exact) mass is 412 g/mol. The number of aromatic nitrogens is 1. The molecule has 2 aliphatic rings. The van der Waals surface area contributed by atoms with Gasteiger partial charge in [-0.2, -0.15) is 0 Å². The van der Waals surface area contributed by atoms with Crippen LogP contribution in [0.5, 0.6) is 11.5 Å². The Balaban J connectivity index is 1.30. The molecular weight excluding hydrogens is 392 g/mol. The smallest absolute Gasteiger partial charge is 0.309 e. The van der Waals surface area contributed by atoms with Crippen LogP contribution in [0.4, 0.5) is 0 Å². The number of hydrogen-bond donors (Lipinski definition) is 2. The highest BCUT2D eigenvalue weighted by atomic mass is 16.7. The average Bonchev–Trinajstić information content (AvgIpc) is 3.44. The van der Waals surface area contributed by atoms with Crippen molar-refractivity contribution in [3.63, 3.8) is 0 Å². The van der Waals surface area contributed by atoms with Gasteiger partial charge in [-0.3, -0.25) is 19.4 Å². The van der Waals surface area contributed by atoms with E-state index in [1.165, 1.54) is 4.90 Å². The molecule has 0 unspecified atom stereocenters. The summed E-state index contributed by atoms with van der Waals surface area (Å²) in [6.45, 7) is 1.05. The second-order valence-corrected chi connectivity index (χ2v) is 6.64. The third kappa shape index (κ3) is 4.33. The maximum Gasteiger partial charge on any atom is 0.309 e. The number of nitrogens with one attached hydrogen (secondary N) is 2. The van der Waals surface area contributed by atoms with Crippen molar-refractivity contribution in [1.82, 2.24) is 20.5 Å². The molecule has 10 nitrogen and oxygen atoms in total. The molecule has 1 aromatic heterocycles. The number of carbonyl (C=O) groups excluding carboxylic acids is 3. The van der Waals surface area contributed by atoms with Gasteiger partial charge in [0.05, 0.1) is 13.2 Å². The van der Waals surface area contributed by atoms with Gasteiger partial charge in [0.1, 0.15) is 6.23 Å². The minimum absolute atomic E-state index is 0.00218. The van der Waals surface area contributed by atoms with Crippen LogP contribution < -0.4 is 20.1 Å². The molecular formula is C20H20N4O6. The van der Waals surface area contributed by atoms with Crippen LogP contribution in [0.1, 0.15) is 15.9 Å². The number of fused-ring (bicyclic) bond motifs is 1. The summed E-state index contributed by atoms with van der Waals surface area (Å²) in [6.07, 6.45) is 2.54. The molecule has 0 spiro atoms. The molecule has 2 aliphatic heterocycles. The molecule has 156 valence electrons. The molecule has 0 saturated carbocycles. The molecule has 0 aliphatic carbocycles. The lowest BCUT2D eigenvalue weighted by atomic mass is 10.1. The van der Waals surface area contributed by atoms with Crippen LogP contribution in [-0.4, -0.2) is 60.3 Å². The summed E-state index contributed by atoms with van der Waals surface area (Å²) in [4.78, 5) is 42.3. The Morgan fingerprint density at radius 2 is 1.80 bits per heavy atom. The molecule has 3 heterocycles. The first-order valence-electron chi connectivity index (χ1n) is 9.39. The lowest BCUT2D eigenvalue weighted by Crippen LogP contribution is -2.47. The van der Waals surface area contributed by atoms with Crippen LogP contribution in [0.15, 0.2) is 42.7 Å². The minimum Gasteiger partial charge on any atom is -0.454 e. The first kappa shape index (κ1) is 19.6. The summed E-state index contributed by atoms with van der Waals surface area (Å²) < 4.78 is 16.1. The summed E-state index contributed by atoms with van der Waals surface area (Å²) in [6, 6.07) is 8.42. The predicted molar refractivity (Wildman–Crippen MR) is 102 cm³/mol. The molecule has 2 aromatic rings. The summed E-state index contributed by atoms with van der Waals surface area (Å²) in [5.41, 5.74) is 1.25. The molecule has 1 saturated heterocycles. The number of rotatable bonds is 5. The van der Waals surface area contributed by atoms with Crippen molar-refractivity contribution in [2.45, 2.75) is 12.8 Å². The molecule has 1 fully saturated rings. The number of pyridine rings is 1. The summed E-state index contributed by atoms with van der Waals surface area (Å²) in [5, 5.41) is 5.04. The van der Waals surface area contributed by atoms with E-state index >= 15 is 0 Å². The van der Waals surface area contributed by atoms with Gasteiger partial charge in [-0.1, -0.05) is 0 Å². The van der Waals surface area contributed by atoms with E-state index in [9.17, 15) is 14.4 Å². The van der Waals surface area contributed by atoms with Crippen molar-refractivity contribution in [3.05, 3.63) is 53.9 Å².